The van der Waals surface area contributed by atoms with Gasteiger partial charge in [-0.05, 0) is 62.3 Å². The fourth-order valence-corrected chi connectivity index (χ4v) is 4.33. The predicted molar refractivity (Wildman–Crippen MR) is 181 cm³/mol. The van der Waals surface area contributed by atoms with Crippen LogP contribution in [0.3, 0.4) is 0 Å². The van der Waals surface area contributed by atoms with Crippen LogP contribution in [0, 0.1) is 11.8 Å². The van der Waals surface area contributed by atoms with Gasteiger partial charge in [-0.3, -0.25) is 14.4 Å². The number of ether oxygens (including phenoxy) is 2. The molecule has 11 heteroatoms. The normalized spacial score (nSPS) is 13.9. The number of methoxy groups -OCH3 is 1. The second-order valence-electron chi connectivity index (χ2n) is 12.6. The molecule has 0 aliphatic heterocycles. The summed E-state index contributed by atoms with van der Waals surface area (Å²) in [7, 11) is 1.24. The van der Waals surface area contributed by atoms with E-state index in [1.807, 2.05) is 20.8 Å². The summed E-state index contributed by atoms with van der Waals surface area (Å²) in [6.07, 6.45) is 2.99. The van der Waals surface area contributed by atoms with Crippen molar-refractivity contribution in [2.24, 2.45) is 11.8 Å². The molecule has 0 bridgehead atoms. The van der Waals surface area contributed by atoms with Crippen molar-refractivity contribution in [2.75, 3.05) is 7.11 Å². The number of nitrogens with one attached hydrogen (secondary N) is 4. The number of rotatable bonds is 14. The lowest BCUT2D eigenvalue weighted by molar-refractivity contribution is -0.146. The molecule has 0 aliphatic carbocycles. The van der Waals surface area contributed by atoms with Crippen LogP contribution in [0.5, 0.6) is 0 Å². The van der Waals surface area contributed by atoms with Crippen molar-refractivity contribution in [3.63, 3.8) is 0 Å². The Kier molecular flexibility index (Phi) is 14.9. The molecule has 0 saturated heterocycles. The highest BCUT2D eigenvalue weighted by Crippen LogP contribution is 2.14. The number of hydrogen-bond acceptors (Lipinski definition) is 7. The Morgan fingerprint density at radius 3 is 1.72 bits per heavy atom. The van der Waals surface area contributed by atoms with Gasteiger partial charge in [0.15, 0.2) is 0 Å². The van der Waals surface area contributed by atoms with E-state index >= 15 is 0 Å². The summed E-state index contributed by atoms with van der Waals surface area (Å²) in [5.41, 5.74) is 0.0631. The molecule has 2 aromatic rings. The molecule has 2 aromatic carbocycles. The molecule has 4 N–H and O–H groups in total. The molecule has 0 spiro atoms. The van der Waals surface area contributed by atoms with Crippen molar-refractivity contribution in [2.45, 2.75) is 79.0 Å². The first-order valence-electron chi connectivity index (χ1n) is 15.7. The quantitative estimate of drug-likeness (QED) is 0.167. The van der Waals surface area contributed by atoms with Gasteiger partial charge in [-0.1, -0.05) is 94.8 Å². The zero-order chi connectivity index (χ0) is 35.1. The molecule has 0 heterocycles. The minimum Gasteiger partial charge on any atom is -0.467 e. The van der Waals surface area contributed by atoms with Crippen LogP contribution in [0.25, 0.3) is 12.2 Å². The molecule has 4 amide bonds. The summed E-state index contributed by atoms with van der Waals surface area (Å²) in [5.74, 6) is -3.06. The fourth-order valence-electron chi connectivity index (χ4n) is 4.33. The van der Waals surface area contributed by atoms with Gasteiger partial charge in [0.1, 0.15) is 29.1 Å². The van der Waals surface area contributed by atoms with E-state index in [0.717, 1.165) is 0 Å². The van der Waals surface area contributed by atoms with Crippen molar-refractivity contribution in [3.05, 3.63) is 83.2 Å². The lowest BCUT2D eigenvalue weighted by atomic mass is 9.99. The van der Waals surface area contributed by atoms with Crippen molar-refractivity contribution >= 4 is 41.9 Å². The minimum atomic E-state index is -1.03. The van der Waals surface area contributed by atoms with Gasteiger partial charge in [-0.15, -0.1) is 0 Å². The van der Waals surface area contributed by atoms with Gasteiger partial charge >= 0.3 is 12.1 Å². The largest absolute Gasteiger partial charge is 0.467 e. The highest BCUT2D eigenvalue weighted by molar-refractivity contribution is 6.09. The number of hydrogen-bond donors (Lipinski definition) is 4. The summed E-state index contributed by atoms with van der Waals surface area (Å²) >= 11 is 0. The fraction of sp³-hybridized carbons (Fsp3) is 0.417. The van der Waals surface area contributed by atoms with Gasteiger partial charge in [0.25, 0.3) is 11.8 Å². The maximum atomic E-state index is 13.9. The topological polar surface area (TPSA) is 152 Å². The monoisotopic (exact) mass is 648 g/mol. The Labute approximate surface area is 277 Å². The Hall–Kier alpha value is -4.93. The van der Waals surface area contributed by atoms with Gasteiger partial charge in [0, 0.05) is 0 Å². The Morgan fingerprint density at radius 2 is 1.28 bits per heavy atom. The number of esters is 1. The van der Waals surface area contributed by atoms with E-state index in [2.05, 4.69) is 21.3 Å². The number of benzene rings is 2. The SMILES string of the molecule is CC[C@H](C)[C@H](NC(=O)/C(=C/c1ccccc1)NC(=O)/C(=C/c1ccccc1)NC(=O)[C@H](CC(C)C)NC(=O)OC(C)(C)C)C(=O)OC. The lowest BCUT2D eigenvalue weighted by Crippen LogP contribution is -2.50. The standard InChI is InChI=1S/C36H48N4O7/c1-9-24(4)30(34(44)46-8)40-33(43)29(22-26-18-14-11-15-19-26)38-32(42)28(21-25-16-12-10-13-17-25)37-31(41)27(20-23(2)3)39-35(45)47-36(5,6)7/h10-19,21-24,27,30H,9,20H2,1-8H3,(H,37,41)(H,38,42)(H,39,45)(H,40,43)/b28-21-,29-22-/t24-,27-,30-/m0/s1. The molecule has 0 saturated carbocycles. The van der Waals surface area contributed by atoms with Gasteiger partial charge in [-0.25, -0.2) is 9.59 Å². The molecule has 2 rings (SSSR count). The summed E-state index contributed by atoms with van der Waals surface area (Å²) in [4.78, 5) is 66.3. The van der Waals surface area contributed by atoms with E-state index in [4.69, 9.17) is 9.47 Å². The highest BCUT2D eigenvalue weighted by atomic mass is 16.6. The molecule has 0 unspecified atom stereocenters. The Bertz CT molecular complexity index is 1430. The Morgan fingerprint density at radius 1 is 0.766 bits per heavy atom. The van der Waals surface area contributed by atoms with E-state index in [-0.39, 0.29) is 29.7 Å². The first-order chi connectivity index (χ1) is 22.1. The van der Waals surface area contributed by atoms with Gasteiger partial charge in [0.2, 0.25) is 5.91 Å². The molecule has 11 nitrogen and oxygen atoms in total. The maximum absolute atomic E-state index is 13.9. The summed E-state index contributed by atoms with van der Waals surface area (Å²) in [6.45, 7) is 12.6. The molecule has 0 fully saturated rings. The van der Waals surface area contributed by atoms with Gasteiger partial charge in [-0.2, -0.15) is 0 Å². The third-order valence-electron chi connectivity index (χ3n) is 6.89. The van der Waals surface area contributed by atoms with Crippen LogP contribution in [-0.2, 0) is 28.7 Å². The number of carbonyl (C=O) groups excluding carboxylic acids is 5. The van der Waals surface area contributed by atoms with Crippen LogP contribution in [0.2, 0.25) is 0 Å². The van der Waals surface area contributed by atoms with Crippen LogP contribution in [0.15, 0.2) is 72.1 Å². The van der Waals surface area contributed by atoms with Crippen LogP contribution in [-0.4, -0.2) is 54.6 Å². The molecule has 3 atom stereocenters. The molecular formula is C36H48N4O7. The van der Waals surface area contributed by atoms with Crippen LogP contribution >= 0.6 is 0 Å². The van der Waals surface area contributed by atoms with Crippen molar-refractivity contribution in [3.8, 4) is 0 Å². The van der Waals surface area contributed by atoms with E-state index in [1.165, 1.54) is 19.3 Å². The predicted octanol–water partition coefficient (Wildman–Crippen LogP) is 4.94. The first-order valence-corrected chi connectivity index (χ1v) is 15.7. The second kappa shape index (κ2) is 18.3. The summed E-state index contributed by atoms with van der Waals surface area (Å²) in [5, 5.41) is 10.6. The lowest BCUT2D eigenvalue weighted by Gasteiger charge is -2.25. The number of amides is 4. The average Bonchev–Trinajstić information content (AvgIpc) is 3.01. The zero-order valence-electron chi connectivity index (χ0n) is 28.5. The summed E-state index contributed by atoms with van der Waals surface area (Å²) in [6, 6.07) is 15.7. The van der Waals surface area contributed by atoms with Crippen molar-refractivity contribution < 1.29 is 33.4 Å². The van der Waals surface area contributed by atoms with Gasteiger partial charge < -0.3 is 30.7 Å². The van der Waals surface area contributed by atoms with Crippen molar-refractivity contribution in [1.29, 1.82) is 0 Å². The van der Waals surface area contributed by atoms with E-state index in [9.17, 15) is 24.0 Å². The zero-order valence-corrected chi connectivity index (χ0v) is 28.5. The minimum absolute atomic E-state index is 0.00781. The van der Waals surface area contributed by atoms with Crippen LogP contribution in [0.4, 0.5) is 4.79 Å². The maximum Gasteiger partial charge on any atom is 0.408 e. The van der Waals surface area contributed by atoms with E-state index in [1.54, 1.807) is 88.4 Å². The van der Waals surface area contributed by atoms with E-state index < -0.39 is 47.5 Å². The Balaban J connectivity index is 2.50. The molecule has 0 aliphatic rings. The van der Waals surface area contributed by atoms with Crippen LogP contribution in [0.1, 0.15) is 72.4 Å². The molecule has 254 valence electrons. The highest BCUT2D eigenvalue weighted by Gasteiger charge is 2.30. The molecule has 47 heavy (non-hydrogen) atoms. The average molecular weight is 649 g/mol. The smallest absolute Gasteiger partial charge is 0.408 e. The van der Waals surface area contributed by atoms with Crippen molar-refractivity contribution in [1.82, 2.24) is 21.3 Å². The number of alkyl carbamates (subject to hydrolysis) is 1. The van der Waals surface area contributed by atoms with E-state index in [0.29, 0.717) is 17.5 Å². The van der Waals surface area contributed by atoms with Gasteiger partial charge in [0.05, 0.1) is 7.11 Å². The third-order valence-corrected chi connectivity index (χ3v) is 6.89. The summed E-state index contributed by atoms with van der Waals surface area (Å²) < 4.78 is 10.3. The third kappa shape index (κ3) is 13.5. The number of carbonyl (C=O) groups is 5. The second-order valence-corrected chi connectivity index (χ2v) is 12.6. The van der Waals surface area contributed by atoms with Crippen LogP contribution < -0.4 is 21.3 Å². The molecular weight excluding hydrogens is 600 g/mol. The first kappa shape index (κ1) is 38.3. The molecule has 0 radical (unpaired) electrons. The molecule has 0 aromatic heterocycles.